The summed E-state index contributed by atoms with van der Waals surface area (Å²) >= 11 is 0. The lowest BCUT2D eigenvalue weighted by Crippen LogP contribution is -2.00. The molecular formula is C22H20N6O. The third kappa shape index (κ3) is 3.21. The Balaban J connectivity index is 1.73. The van der Waals surface area contributed by atoms with Crippen LogP contribution in [0.15, 0.2) is 55.0 Å². The number of hydrogen-bond donors (Lipinski definition) is 2. The van der Waals surface area contributed by atoms with Gasteiger partial charge in [0.25, 0.3) is 0 Å². The zero-order chi connectivity index (χ0) is 20.5. The Morgan fingerprint density at radius 2 is 1.83 bits per heavy atom. The van der Waals surface area contributed by atoms with Gasteiger partial charge in [0, 0.05) is 17.8 Å². The number of hydrogen-bond acceptors (Lipinski definition) is 6. The number of ether oxygens (including phenoxy) is 1. The van der Waals surface area contributed by atoms with Crippen molar-refractivity contribution in [3.63, 3.8) is 0 Å². The molecule has 0 aliphatic heterocycles. The van der Waals surface area contributed by atoms with E-state index in [1.54, 1.807) is 18.2 Å². The van der Waals surface area contributed by atoms with Crippen LogP contribution in [0, 0.1) is 11.3 Å². The van der Waals surface area contributed by atoms with Crippen molar-refractivity contribution in [3.8, 4) is 28.7 Å². The molecule has 7 nitrogen and oxygen atoms in total. The van der Waals surface area contributed by atoms with Gasteiger partial charge in [-0.05, 0) is 43.7 Å². The van der Waals surface area contributed by atoms with Crippen LogP contribution in [-0.2, 0) is 0 Å². The number of rotatable bonds is 4. The van der Waals surface area contributed by atoms with E-state index in [0.717, 1.165) is 22.2 Å². The molecule has 0 saturated carbocycles. The molecular weight excluding hydrogens is 364 g/mol. The first kappa shape index (κ1) is 18.3. The van der Waals surface area contributed by atoms with Crippen molar-refractivity contribution in [3.05, 3.63) is 60.6 Å². The zero-order valence-electron chi connectivity index (χ0n) is 16.1. The van der Waals surface area contributed by atoms with Crippen molar-refractivity contribution in [2.45, 2.75) is 19.9 Å². The number of nitrogens with two attached hydrogens (primary N) is 2. The van der Waals surface area contributed by atoms with Crippen LogP contribution in [-0.4, -0.2) is 14.5 Å². The molecule has 0 aliphatic carbocycles. The lowest BCUT2D eigenvalue weighted by Gasteiger charge is -2.09. The molecule has 4 N–H and O–H groups in total. The topological polar surface area (TPSA) is 116 Å². The molecule has 144 valence electrons. The summed E-state index contributed by atoms with van der Waals surface area (Å²) in [6, 6.07) is 15.0. The Hall–Kier alpha value is -4.05. The average Bonchev–Trinajstić information content (AvgIpc) is 3.10. The Bertz CT molecular complexity index is 1230. The summed E-state index contributed by atoms with van der Waals surface area (Å²) in [7, 11) is 0. The van der Waals surface area contributed by atoms with Gasteiger partial charge in [-0.15, -0.1) is 0 Å². The van der Waals surface area contributed by atoms with Gasteiger partial charge in [-0.2, -0.15) is 5.26 Å². The van der Waals surface area contributed by atoms with E-state index in [4.69, 9.17) is 16.2 Å². The number of anilines is 2. The van der Waals surface area contributed by atoms with E-state index < -0.39 is 0 Å². The van der Waals surface area contributed by atoms with Gasteiger partial charge in [-0.3, -0.25) is 0 Å². The van der Waals surface area contributed by atoms with Crippen LogP contribution in [0.3, 0.4) is 0 Å². The van der Waals surface area contributed by atoms with Gasteiger partial charge in [0.15, 0.2) is 0 Å². The molecule has 0 saturated heterocycles. The van der Waals surface area contributed by atoms with Crippen LogP contribution in [0.25, 0.3) is 22.2 Å². The Kier molecular flexibility index (Phi) is 4.53. The number of fused-ring (bicyclic) bond motifs is 1. The maximum atomic E-state index is 9.31. The molecule has 0 atom stereocenters. The minimum absolute atomic E-state index is 0.232. The summed E-state index contributed by atoms with van der Waals surface area (Å²) in [4.78, 5) is 8.57. The Morgan fingerprint density at radius 3 is 2.52 bits per heavy atom. The van der Waals surface area contributed by atoms with Crippen molar-refractivity contribution in [2.24, 2.45) is 0 Å². The largest absolute Gasteiger partial charge is 0.456 e. The van der Waals surface area contributed by atoms with Crippen molar-refractivity contribution in [1.82, 2.24) is 14.5 Å². The second-order valence-electron chi connectivity index (χ2n) is 6.96. The second kappa shape index (κ2) is 7.17. The first-order chi connectivity index (χ1) is 14.0. The normalized spacial score (nSPS) is 11.0. The minimum Gasteiger partial charge on any atom is -0.456 e. The van der Waals surface area contributed by atoms with Crippen LogP contribution in [0.2, 0.25) is 0 Å². The highest BCUT2D eigenvalue weighted by atomic mass is 16.5. The number of nitrogen functional groups attached to an aromatic ring is 2. The minimum atomic E-state index is 0.232. The molecule has 29 heavy (non-hydrogen) atoms. The van der Waals surface area contributed by atoms with Crippen molar-refractivity contribution >= 4 is 22.5 Å². The van der Waals surface area contributed by atoms with Gasteiger partial charge in [-0.1, -0.05) is 18.2 Å². The molecule has 0 radical (unpaired) electrons. The monoisotopic (exact) mass is 384 g/mol. The van der Waals surface area contributed by atoms with Gasteiger partial charge < -0.3 is 20.8 Å². The van der Waals surface area contributed by atoms with Crippen LogP contribution >= 0.6 is 0 Å². The summed E-state index contributed by atoms with van der Waals surface area (Å²) < 4.78 is 7.95. The maximum Gasteiger partial charge on any atom is 0.147 e. The fourth-order valence-corrected chi connectivity index (χ4v) is 3.30. The molecule has 7 heteroatoms. The van der Waals surface area contributed by atoms with E-state index in [1.165, 1.54) is 6.33 Å². The lowest BCUT2D eigenvalue weighted by molar-refractivity contribution is 0.481. The third-order valence-corrected chi connectivity index (χ3v) is 4.76. The Labute approximate surface area is 168 Å². The average molecular weight is 384 g/mol. The van der Waals surface area contributed by atoms with Crippen molar-refractivity contribution in [2.75, 3.05) is 11.5 Å². The standard InChI is InChI=1S/C22H20N6O/c1-13(2)28-11-17(20-21(25)26-12-27-22(20)28)14-6-8-15(9-7-14)29-19-5-3-4-18(24)16(19)10-23/h3-9,11-13H,24H2,1-2H3,(H2,25,26,27). The van der Waals surface area contributed by atoms with Crippen molar-refractivity contribution in [1.29, 1.82) is 5.26 Å². The van der Waals surface area contributed by atoms with Gasteiger partial charge >= 0.3 is 0 Å². The molecule has 0 bridgehead atoms. The predicted molar refractivity (Wildman–Crippen MR) is 113 cm³/mol. The molecule has 0 spiro atoms. The number of benzene rings is 2. The van der Waals surface area contributed by atoms with Crippen molar-refractivity contribution < 1.29 is 4.74 Å². The van der Waals surface area contributed by atoms with E-state index in [0.29, 0.717) is 28.6 Å². The van der Waals surface area contributed by atoms with Crippen LogP contribution in [0.4, 0.5) is 11.5 Å². The summed E-state index contributed by atoms with van der Waals surface area (Å²) in [5, 5.41) is 10.1. The van der Waals surface area contributed by atoms with E-state index in [2.05, 4.69) is 34.5 Å². The number of aromatic nitrogens is 3. The number of nitriles is 1. The molecule has 0 aliphatic rings. The zero-order valence-corrected chi connectivity index (χ0v) is 16.1. The lowest BCUT2D eigenvalue weighted by atomic mass is 10.1. The summed E-state index contributed by atoms with van der Waals surface area (Å²) in [6.45, 7) is 4.19. The van der Waals surface area contributed by atoms with Gasteiger partial charge in [-0.25, -0.2) is 9.97 Å². The van der Waals surface area contributed by atoms with E-state index in [-0.39, 0.29) is 6.04 Å². The van der Waals surface area contributed by atoms with Gasteiger partial charge in [0.2, 0.25) is 0 Å². The van der Waals surface area contributed by atoms with Gasteiger partial charge in [0.05, 0.1) is 11.1 Å². The first-order valence-corrected chi connectivity index (χ1v) is 9.17. The molecule has 2 heterocycles. The highest BCUT2D eigenvalue weighted by Crippen LogP contribution is 2.36. The van der Waals surface area contributed by atoms with E-state index >= 15 is 0 Å². The smallest absolute Gasteiger partial charge is 0.147 e. The highest BCUT2D eigenvalue weighted by Gasteiger charge is 2.16. The molecule has 2 aromatic carbocycles. The van der Waals surface area contributed by atoms with Crippen LogP contribution < -0.4 is 16.2 Å². The van der Waals surface area contributed by atoms with Crippen LogP contribution in [0.1, 0.15) is 25.5 Å². The quantitative estimate of drug-likeness (QED) is 0.500. The van der Waals surface area contributed by atoms with Crippen LogP contribution in [0.5, 0.6) is 11.5 Å². The molecule has 4 aromatic rings. The number of nitrogens with zero attached hydrogens (tertiary/aromatic N) is 4. The molecule has 0 unspecified atom stereocenters. The Morgan fingerprint density at radius 1 is 1.07 bits per heavy atom. The third-order valence-electron chi connectivity index (χ3n) is 4.76. The van der Waals surface area contributed by atoms with E-state index in [9.17, 15) is 5.26 Å². The van der Waals surface area contributed by atoms with Gasteiger partial charge in [0.1, 0.15) is 40.9 Å². The summed E-state index contributed by atoms with van der Waals surface area (Å²) in [5.74, 6) is 1.48. The molecule has 2 aromatic heterocycles. The predicted octanol–water partition coefficient (Wildman–Crippen LogP) is 4.51. The fourth-order valence-electron chi connectivity index (χ4n) is 3.30. The fraction of sp³-hybridized carbons (Fsp3) is 0.136. The maximum absolute atomic E-state index is 9.31. The second-order valence-corrected chi connectivity index (χ2v) is 6.96. The highest BCUT2D eigenvalue weighted by molar-refractivity contribution is 6.00. The molecule has 0 fully saturated rings. The first-order valence-electron chi connectivity index (χ1n) is 9.17. The van der Waals surface area contributed by atoms with E-state index in [1.807, 2.05) is 30.5 Å². The summed E-state index contributed by atoms with van der Waals surface area (Å²) in [5.41, 5.74) is 15.4. The molecule has 0 amide bonds. The SMILES string of the molecule is CC(C)n1cc(-c2ccc(Oc3cccc(N)c3C#N)cc2)c2c(N)ncnc21. The molecule has 4 rings (SSSR count). The summed E-state index contributed by atoms with van der Waals surface area (Å²) in [6.07, 6.45) is 3.53.